The van der Waals surface area contributed by atoms with Crippen molar-refractivity contribution in [3.05, 3.63) is 45.7 Å². The molecule has 1 aromatic carbocycles. The minimum Gasteiger partial charge on any atom is -0.198 e. The number of aromatic nitrogens is 3. The van der Waals surface area contributed by atoms with E-state index in [9.17, 15) is 0 Å². The van der Waals surface area contributed by atoms with Crippen molar-refractivity contribution < 1.29 is 0 Å². The molecule has 0 fully saturated rings. The molecule has 3 nitrogen and oxygen atoms in total. The van der Waals surface area contributed by atoms with Crippen molar-refractivity contribution in [3.63, 3.8) is 0 Å². The van der Waals surface area contributed by atoms with Gasteiger partial charge in [0, 0.05) is 4.47 Å². The molecular weight excluding hydrogens is 254 g/mol. The highest BCUT2D eigenvalue weighted by Gasteiger charge is 2.03. The van der Waals surface area contributed by atoms with Crippen molar-refractivity contribution in [1.82, 2.24) is 15.4 Å². The van der Waals surface area contributed by atoms with Crippen LogP contribution in [0.25, 0.3) is 0 Å². The van der Waals surface area contributed by atoms with E-state index < -0.39 is 0 Å². The number of hydrogen-bond acceptors (Lipinski definition) is 2. The summed E-state index contributed by atoms with van der Waals surface area (Å²) >= 11 is 3.53. The summed E-state index contributed by atoms with van der Waals surface area (Å²) < 4.78 is 1.17. The molecular formula is C11H12BrN3. The lowest BCUT2D eigenvalue weighted by molar-refractivity contribution is 0.867. The molecule has 0 saturated carbocycles. The number of aryl methyl sites for hydroxylation is 2. The summed E-state index contributed by atoms with van der Waals surface area (Å²) in [6.45, 7) is 2.13. The SMILES string of the molecule is Cc1c(Br)cccc1CCc1cn[nH]n1. The monoisotopic (exact) mass is 265 g/mol. The van der Waals surface area contributed by atoms with E-state index in [-0.39, 0.29) is 0 Å². The number of nitrogens with one attached hydrogen (secondary N) is 1. The van der Waals surface area contributed by atoms with Crippen LogP contribution in [0.15, 0.2) is 28.9 Å². The molecule has 0 aliphatic carbocycles. The molecule has 1 aromatic heterocycles. The molecule has 0 unspecified atom stereocenters. The lowest BCUT2D eigenvalue weighted by Crippen LogP contribution is -1.95. The Hall–Kier alpha value is -1.16. The Morgan fingerprint density at radius 2 is 2.20 bits per heavy atom. The third-order valence-electron chi connectivity index (χ3n) is 2.50. The van der Waals surface area contributed by atoms with Crippen molar-refractivity contribution in [3.8, 4) is 0 Å². The Morgan fingerprint density at radius 3 is 2.93 bits per heavy atom. The minimum absolute atomic E-state index is 0.924. The van der Waals surface area contributed by atoms with Crippen molar-refractivity contribution in [2.24, 2.45) is 0 Å². The van der Waals surface area contributed by atoms with Crippen LogP contribution in [0.1, 0.15) is 16.8 Å². The zero-order chi connectivity index (χ0) is 10.7. The molecule has 0 bridgehead atoms. The largest absolute Gasteiger partial charge is 0.198 e. The zero-order valence-electron chi connectivity index (χ0n) is 8.50. The Kier molecular flexibility index (Phi) is 3.16. The van der Waals surface area contributed by atoms with Crippen LogP contribution in [0, 0.1) is 6.92 Å². The molecule has 78 valence electrons. The average Bonchev–Trinajstić information content (AvgIpc) is 2.73. The minimum atomic E-state index is 0.924. The molecule has 1 N–H and O–H groups in total. The van der Waals surface area contributed by atoms with Crippen LogP contribution in [0.3, 0.4) is 0 Å². The van der Waals surface area contributed by atoms with Gasteiger partial charge in [-0.1, -0.05) is 28.1 Å². The summed E-state index contributed by atoms with van der Waals surface area (Å²) in [4.78, 5) is 0. The lowest BCUT2D eigenvalue weighted by Gasteiger charge is -2.05. The summed E-state index contributed by atoms with van der Waals surface area (Å²) in [6, 6.07) is 6.28. The average molecular weight is 266 g/mol. The molecule has 2 aromatic rings. The topological polar surface area (TPSA) is 41.6 Å². The van der Waals surface area contributed by atoms with Gasteiger partial charge in [-0.05, 0) is 37.0 Å². The predicted octanol–water partition coefficient (Wildman–Crippen LogP) is 2.66. The fourth-order valence-corrected chi connectivity index (χ4v) is 1.94. The Morgan fingerprint density at radius 1 is 1.33 bits per heavy atom. The van der Waals surface area contributed by atoms with Gasteiger partial charge < -0.3 is 0 Å². The maximum Gasteiger partial charge on any atom is 0.0828 e. The molecule has 4 heteroatoms. The molecule has 0 amide bonds. The van der Waals surface area contributed by atoms with Gasteiger partial charge in [0.25, 0.3) is 0 Å². The van der Waals surface area contributed by atoms with Gasteiger partial charge in [0.15, 0.2) is 0 Å². The molecule has 0 radical (unpaired) electrons. The van der Waals surface area contributed by atoms with Crippen LogP contribution in [0.5, 0.6) is 0 Å². The number of benzene rings is 1. The van der Waals surface area contributed by atoms with Crippen molar-refractivity contribution >= 4 is 15.9 Å². The summed E-state index contributed by atoms with van der Waals surface area (Å²) in [6.07, 6.45) is 3.69. The van der Waals surface area contributed by atoms with E-state index in [4.69, 9.17) is 0 Å². The quantitative estimate of drug-likeness (QED) is 0.927. The van der Waals surface area contributed by atoms with Crippen LogP contribution in [0.4, 0.5) is 0 Å². The molecule has 0 atom stereocenters. The molecule has 1 heterocycles. The van der Waals surface area contributed by atoms with Gasteiger partial charge in [0.1, 0.15) is 0 Å². The zero-order valence-corrected chi connectivity index (χ0v) is 10.1. The number of nitrogens with zero attached hydrogens (tertiary/aromatic N) is 2. The van der Waals surface area contributed by atoms with Crippen molar-refractivity contribution in [2.75, 3.05) is 0 Å². The van der Waals surface area contributed by atoms with Gasteiger partial charge in [0.05, 0.1) is 11.9 Å². The van der Waals surface area contributed by atoms with Crippen LogP contribution >= 0.6 is 15.9 Å². The van der Waals surface area contributed by atoms with E-state index in [1.807, 2.05) is 0 Å². The van der Waals surface area contributed by atoms with Gasteiger partial charge in [-0.25, -0.2) is 0 Å². The van der Waals surface area contributed by atoms with Crippen LogP contribution < -0.4 is 0 Å². The maximum absolute atomic E-state index is 4.04. The van der Waals surface area contributed by atoms with E-state index in [0.29, 0.717) is 0 Å². The third-order valence-corrected chi connectivity index (χ3v) is 3.35. The second-order valence-corrected chi connectivity index (χ2v) is 4.34. The first-order valence-electron chi connectivity index (χ1n) is 4.86. The smallest absolute Gasteiger partial charge is 0.0828 e. The van der Waals surface area contributed by atoms with E-state index in [0.717, 1.165) is 18.5 Å². The van der Waals surface area contributed by atoms with Gasteiger partial charge in [-0.15, -0.1) is 0 Å². The second-order valence-electron chi connectivity index (χ2n) is 3.49. The highest BCUT2D eigenvalue weighted by molar-refractivity contribution is 9.10. The lowest BCUT2D eigenvalue weighted by atomic mass is 10.0. The summed E-state index contributed by atoms with van der Waals surface area (Å²) in [7, 11) is 0. The molecule has 0 aliphatic rings. The summed E-state index contributed by atoms with van der Waals surface area (Å²) in [5.41, 5.74) is 3.67. The van der Waals surface area contributed by atoms with Crippen molar-refractivity contribution in [2.45, 2.75) is 19.8 Å². The third kappa shape index (κ3) is 2.45. The number of H-pyrrole nitrogens is 1. The normalized spacial score (nSPS) is 10.5. The highest BCUT2D eigenvalue weighted by Crippen LogP contribution is 2.20. The number of rotatable bonds is 3. The number of aromatic amines is 1. The van der Waals surface area contributed by atoms with E-state index in [1.54, 1.807) is 6.20 Å². The second kappa shape index (κ2) is 4.57. The first kappa shape index (κ1) is 10.4. The molecule has 0 aliphatic heterocycles. The maximum atomic E-state index is 4.04. The Bertz CT molecular complexity index is 437. The van der Waals surface area contributed by atoms with E-state index in [1.165, 1.54) is 15.6 Å². The first-order chi connectivity index (χ1) is 7.27. The van der Waals surface area contributed by atoms with Crippen LogP contribution in [-0.2, 0) is 12.8 Å². The predicted molar refractivity (Wildman–Crippen MR) is 62.7 cm³/mol. The molecule has 2 rings (SSSR count). The molecule has 0 spiro atoms. The van der Waals surface area contributed by atoms with E-state index in [2.05, 4.69) is 56.5 Å². The van der Waals surface area contributed by atoms with Gasteiger partial charge >= 0.3 is 0 Å². The Balaban J connectivity index is 2.08. The highest BCUT2D eigenvalue weighted by atomic mass is 79.9. The number of hydrogen-bond donors (Lipinski definition) is 1. The van der Waals surface area contributed by atoms with Gasteiger partial charge in [-0.3, -0.25) is 0 Å². The Labute approximate surface area is 97.0 Å². The van der Waals surface area contributed by atoms with Gasteiger partial charge in [0.2, 0.25) is 0 Å². The first-order valence-corrected chi connectivity index (χ1v) is 5.65. The van der Waals surface area contributed by atoms with Crippen molar-refractivity contribution in [1.29, 1.82) is 0 Å². The van der Waals surface area contributed by atoms with Crippen LogP contribution in [0.2, 0.25) is 0 Å². The van der Waals surface area contributed by atoms with Gasteiger partial charge in [-0.2, -0.15) is 15.4 Å². The molecule has 15 heavy (non-hydrogen) atoms. The fraction of sp³-hybridized carbons (Fsp3) is 0.273. The number of halogens is 1. The fourth-order valence-electron chi connectivity index (χ4n) is 1.53. The standard InChI is InChI=1S/C11H12BrN3/c1-8-9(3-2-4-11(8)12)5-6-10-7-13-15-14-10/h2-4,7H,5-6H2,1H3,(H,13,14,15). The molecule has 0 saturated heterocycles. The van der Waals surface area contributed by atoms with Crippen LogP contribution in [-0.4, -0.2) is 15.4 Å². The summed E-state index contributed by atoms with van der Waals surface area (Å²) in [5.74, 6) is 0. The van der Waals surface area contributed by atoms with E-state index >= 15 is 0 Å². The summed E-state index contributed by atoms with van der Waals surface area (Å²) in [5, 5.41) is 10.4.